The number of nitrogens with zero attached hydrogens (tertiary/aromatic N) is 4. The summed E-state index contributed by atoms with van der Waals surface area (Å²) in [7, 11) is 0. The van der Waals surface area contributed by atoms with Crippen molar-refractivity contribution in [2.24, 2.45) is 4.99 Å². The van der Waals surface area contributed by atoms with E-state index < -0.39 is 0 Å². The molecule has 0 spiro atoms. The van der Waals surface area contributed by atoms with Gasteiger partial charge in [0.1, 0.15) is 5.82 Å². The number of anilines is 1. The number of pyridine rings is 1. The number of piperazine rings is 1. The summed E-state index contributed by atoms with van der Waals surface area (Å²) in [4.78, 5) is 13.9. The van der Waals surface area contributed by atoms with Crippen LogP contribution < -0.4 is 10.2 Å². The van der Waals surface area contributed by atoms with Gasteiger partial charge in [0.25, 0.3) is 0 Å². The van der Waals surface area contributed by atoms with Gasteiger partial charge in [0.05, 0.1) is 6.61 Å². The molecule has 30 heavy (non-hydrogen) atoms. The van der Waals surface area contributed by atoms with Crippen LogP contribution in [0.5, 0.6) is 0 Å². The third-order valence-electron chi connectivity index (χ3n) is 4.97. The number of aliphatic imine (C=N–C) groups is 1. The van der Waals surface area contributed by atoms with Crippen molar-refractivity contribution in [1.82, 2.24) is 15.2 Å². The lowest BCUT2D eigenvalue weighted by Crippen LogP contribution is -2.52. The Kier molecular flexibility index (Phi) is 11.5. The van der Waals surface area contributed by atoms with Crippen molar-refractivity contribution in [2.75, 3.05) is 57.4 Å². The van der Waals surface area contributed by atoms with Crippen molar-refractivity contribution in [3.8, 4) is 0 Å². The normalized spacial score (nSPS) is 14.4. The SMILES string of the molecule is CCNC(=NCCCOCCc1ccccc1)N1CCN(c2ccccn2)CC1.I. The molecule has 0 aliphatic carbocycles. The van der Waals surface area contributed by atoms with Gasteiger partial charge in [-0.25, -0.2) is 4.98 Å². The molecule has 1 aromatic heterocycles. The molecule has 1 aliphatic rings. The first-order valence-electron chi connectivity index (χ1n) is 10.7. The van der Waals surface area contributed by atoms with Crippen molar-refractivity contribution in [1.29, 1.82) is 0 Å². The van der Waals surface area contributed by atoms with Gasteiger partial charge in [0.15, 0.2) is 5.96 Å². The Morgan fingerprint density at radius 3 is 2.50 bits per heavy atom. The van der Waals surface area contributed by atoms with Gasteiger partial charge in [-0.15, -0.1) is 24.0 Å². The van der Waals surface area contributed by atoms with Gasteiger partial charge >= 0.3 is 0 Å². The number of aromatic nitrogens is 1. The molecule has 0 amide bonds. The summed E-state index contributed by atoms with van der Waals surface area (Å²) >= 11 is 0. The van der Waals surface area contributed by atoms with E-state index in [0.717, 1.165) is 77.1 Å². The molecule has 164 valence electrons. The molecule has 6 nitrogen and oxygen atoms in total. The van der Waals surface area contributed by atoms with Crippen LogP contribution in [0.4, 0.5) is 5.82 Å². The molecular weight excluding hydrogens is 489 g/mol. The second-order valence-electron chi connectivity index (χ2n) is 7.10. The molecule has 3 rings (SSSR count). The van der Waals surface area contributed by atoms with Crippen LogP contribution in [-0.4, -0.2) is 68.3 Å². The van der Waals surface area contributed by atoms with Crippen molar-refractivity contribution in [2.45, 2.75) is 19.8 Å². The van der Waals surface area contributed by atoms with E-state index in [4.69, 9.17) is 9.73 Å². The minimum absolute atomic E-state index is 0. The Hall–Kier alpha value is -1.87. The van der Waals surface area contributed by atoms with E-state index in [-0.39, 0.29) is 24.0 Å². The first-order chi connectivity index (χ1) is 14.4. The molecule has 1 aromatic carbocycles. The topological polar surface area (TPSA) is 53.0 Å². The summed E-state index contributed by atoms with van der Waals surface area (Å²) in [5.41, 5.74) is 1.32. The van der Waals surface area contributed by atoms with E-state index in [1.807, 2.05) is 24.4 Å². The lowest BCUT2D eigenvalue weighted by Gasteiger charge is -2.37. The standard InChI is InChI=1S/C23H33N5O.HI/c1-2-24-23(26-14-8-19-29-20-12-21-9-4-3-5-10-21)28-17-15-27(16-18-28)22-11-6-7-13-25-22;/h3-7,9-11,13H,2,8,12,14-20H2,1H3,(H,24,26);1H. The molecule has 1 saturated heterocycles. The number of ether oxygens (including phenoxy) is 1. The first-order valence-corrected chi connectivity index (χ1v) is 10.7. The fraction of sp³-hybridized carbons (Fsp3) is 0.478. The Morgan fingerprint density at radius 1 is 1.03 bits per heavy atom. The zero-order valence-corrected chi connectivity index (χ0v) is 20.2. The molecule has 2 aromatic rings. The van der Waals surface area contributed by atoms with Crippen LogP contribution in [0.2, 0.25) is 0 Å². The number of hydrogen-bond acceptors (Lipinski definition) is 4. The van der Waals surface area contributed by atoms with E-state index in [0.29, 0.717) is 0 Å². The Morgan fingerprint density at radius 2 is 1.80 bits per heavy atom. The van der Waals surface area contributed by atoms with Crippen LogP contribution in [0.15, 0.2) is 59.7 Å². The largest absolute Gasteiger partial charge is 0.381 e. The van der Waals surface area contributed by atoms with Crippen LogP contribution >= 0.6 is 24.0 Å². The van der Waals surface area contributed by atoms with E-state index in [1.165, 1.54) is 5.56 Å². The highest BCUT2D eigenvalue weighted by Crippen LogP contribution is 2.12. The number of rotatable bonds is 9. The Labute approximate surface area is 197 Å². The molecule has 0 saturated carbocycles. The third kappa shape index (κ3) is 8.10. The predicted octanol–water partition coefficient (Wildman–Crippen LogP) is 3.44. The maximum Gasteiger partial charge on any atom is 0.194 e. The predicted molar refractivity (Wildman–Crippen MR) is 135 cm³/mol. The highest BCUT2D eigenvalue weighted by atomic mass is 127. The number of halogens is 1. The smallest absolute Gasteiger partial charge is 0.194 e. The second kappa shape index (κ2) is 14.2. The highest BCUT2D eigenvalue weighted by molar-refractivity contribution is 14.0. The molecule has 2 heterocycles. The van der Waals surface area contributed by atoms with Gasteiger partial charge in [-0.05, 0) is 37.5 Å². The van der Waals surface area contributed by atoms with Gasteiger partial charge < -0.3 is 19.9 Å². The van der Waals surface area contributed by atoms with Gasteiger partial charge in [-0.1, -0.05) is 36.4 Å². The van der Waals surface area contributed by atoms with Crippen molar-refractivity contribution in [3.05, 3.63) is 60.3 Å². The molecule has 0 radical (unpaired) electrons. The first kappa shape index (κ1) is 24.4. The van der Waals surface area contributed by atoms with Gasteiger partial charge in [-0.3, -0.25) is 4.99 Å². The van der Waals surface area contributed by atoms with Gasteiger partial charge in [0, 0.05) is 52.1 Å². The minimum atomic E-state index is 0. The van der Waals surface area contributed by atoms with Crippen LogP contribution in [0.25, 0.3) is 0 Å². The fourth-order valence-corrected chi connectivity index (χ4v) is 3.40. The van der Waals surface area contributed by atoms with E-state index in [1.54, 1.807) is 0 Å². The minimum Gasteiger partial charge on any atom is -0.381 e. The van der Waals surface area contributed by atoms with E-state index >= 15 is 0 Å². The lowest BCUT2D eigenvalue weighted by atomic mass is 10.2. The summed E-state index contributed by atoms with van der Waals surface area (Å²) in [6.07, 6.45) is 3.76. The molecule has 1 aliphatic heterocycles. The van der Waals surface area contributed by atoms with Crippen LogP contribution in [0, 0.1) is 0 Å². The molecule has 0 atom stereocenters. The molecule has 0 bridgehead atoms. The molecular formula is C23H34IN5O. The summed E-state index contributed by atoms with van der Waals surface area (Å²) in [5.74, 6) is 2.07. The Bertz CT molecular complexity index is 721. The lowest BCUT2D eigenvalue weighted by molar-refractivity contribution is 0.136. The third-order valence-corrected chi connectivity index (χ3v) is 4.97. The summed E-state index contributed by atoms with van der Waals surface area (Å²) in [6.45, 7) is 9.14. The Balaban J connectivity index is 0.00000320. The zero-order valence-electron chi connectivity index (χ0n) is 17.9. The van der Waals surface area contributed by atoms with Crippen LogP contribution in [0.1, 0.15) is 18.9 Å². The molecule has 1 fully saturated rings. The number of benzene rings is 1. The van der Waals surface area contributed by atoms with Crippen molar-refractivity contribution in [3.63, 3.8) is 0 Å². The number of nitrogens with one attached hydrogen (secondary N) is 1. The highest BCUT2D eigenvalue weighted by Gasteiger charge is 2.20. The van der Waals surface area contributed by atoms with Crippen molar-refractivity contribution < 1.29 is 4.74 Å². The average molecular weight is 523 g/mol. The second-order valence-corrected chi connectivity index (χ2v) is 7.10. The quantitative estimate of drug-likeness (QED) is 0.236. The molecule has 0 unspecified atom stereocenters. The molecule has 1 N–H and O–H groups in total. The summed E-state index contributed by atoms with van der Waals surface area (Å²) in [5, 5.41) is 3.43. The van der Waals surface area contributed by atoms with Crippen molar-refractivity contribution >= 4 is 35.8 Å². The number of hydrogen-bond donors (Lipinski definition) is 1. The number of guanidine groups is 1. The van der Waals surface area contributed by atoms with Gasteiger partial charge in [0.2, 0.25) is 0 Å². The van der Waals surface area contributed by atoms with Crippen LogP contribution in [0.3, 0.4) is 0 Å². The monoisotopic (exact) mass is 523 g/mol. The molecule has 7 heteroatoms. The maximum atomic E-state index is 5.77. The van der Waals surface area contributed by atoms with E-state index in [2.05, 4.69) is 57.4 Å². The zero-order chi connectivity index (χ0) is 20.2. The maximum absolute atomic E-state index is 5.77. The average Bonchev–Trinajstić information content (AvgIpc) is 2.79. The van der Waals surface area contributed by atoms with E-state index in [9.17, 15) is 0 Å². The van der Waals surface area contributed by atoms with Gasteiger partial charge in [-0.2, -0.15) is 0 Å². The fourth-order valence-electron chi connectivity index (χ4n) is 3.40. The summed E-state index contributed by atoms with van der Waals surface area (Å²) < 4.78 is 5.77. The summed E-state index contributed by atoms with van der Waals surface area (Å²) in [6, 6.07) is 16.6. The van der Waals surface area contributed by atoms with Crippen LogP contribution in [-0.2, 0) is 11.2 Å².